The van der Waals surface area contributed by atoms with Crippen LogP contribution in [0.25, 0.3) is 10.9 Å². The minimum absolute atomic E-state index is 0.138. The second-order valence-corrected chi connectivity index (χ2v) is 6.71. The lowest BCUT2D eigenvalue weighted by Crippen LogP contribution is -1.98. The number of nitrogens with zero attached hydrogens (tertiary/aromatic N) is 2. The third kappa shape index (κ3) is 2.89. The average molecular weight is 318 g/mol. The van der Waals surface area contributed by atoms with Crippen LogP contribution in [0.5, 0.6) is 11.6 Å². The first-order chi connectivity index (χ1) is 10.4. The van der Waals surface area contributed by atoms with Gasteiger partial charge >= 0.3 is 0 Å². The predicted molar refractivity (Wildman–Crippen MR) is 79.1 cm³/mol. The number of fused-ring (bicyclic) bond motifs is 1. The summed E-state index contributed by atoms with van der Waals surface area (Å²) in [7, 11) is -3.36. The molecule has 0 fully saturated rings. The molecule has 0 bridgehead atoms. The van der Waals surface area contributed by atoms with E-state index < -0.39 is 15.7 Å². The minimum Gasteiger partial charge on any atom is -0.438 e. The average Bonchev–Trinajstić information content (AvgIpc) is 2.46. The smallest absolute Gasteiger partial charge is 0.230 e. The summed E-state index contributed by atoms with van der Waals surface area (Å²) in [4.78, 5) is 8.21. The molecule has 0 saturated carbocycles. The van der Waals surface area contributed by atoms with Crippen molar-refractivity contribution in [1.82, 2.24) is 9.97 Å². The van der Waals surface area contributed by atoms with Gasteiger partial charge in [-0.25, -0.2) is 22.8 Å². The van der Waals surface area contributed by atoms with Gasteiger partial charge in [-0.3, -0.25) is 0 Å². The SMILES string of the molecule is CS(=O)(=O)c1ccc2ncnc(Oc3cccc(F)c3)c2c1. The van der Waals surface area contributed by atoms with Crippen LogP contribution in [0.3, 0.4) is 0 Å². The Morgan fingerprint density at radius 1 is 1.09 bits per heavy atom. The van der Waals surface area contributed by atoms with Crippen LogP contribution in [-0.4, -0.2) is 24.6 Å². The molecule has 0 unspecified atom stereocenters. The summed E-state index contributed by atoms with van der Waals surface area (Å²) in [5, 5.41) is 0.440. The highest BCUT2D eigenvalue weighted by Gasteiger charge is 2.12. The molecule has 0 saturated heterocycles. The first-order valence-electron chi connectivity index (χ1n) is 6.32. The van der Waals surface area contributed by atoms with E-state index in [1.165, 1.54) is 36.7 Å². The van der Waals surface area contributed by atoms with Gasteiger partial charge in [-0.2, -0.15) is 0 Å². The van der Waals surface area contributed by atoms with Gasteiger partial charge in [-0.05, 0) is 30.3 Å². The van der Waals surface area contributed by atoms with Gasteiger partial charge in [0.05, 0.1) is 15.8 Å². The van der Waals surface area contributed by atoms with Gasteiger partial charge in [0, 0.05) is 12.3 Å². The van der Waals surface area contributed by atoms with Gasteiger partial charge < -0.3 is 4.74 Å². The number of hydrogen-bond donors (Lipinski definition) is 0. The molecule has 1 aromatic heterocycles. The number of rotatable bonds is 3. The Morgan fingerprint density at radius 2 is 1.91 bits per heavy atom. The molecule has 7 heteroatoms. The summed E-state index contributed by atoms with van der Waals surface area (Å²) in [6.07, 6.45) is 2.42. The standard InChI is InChI=1S/C15H11FN2O3S/c1-22(19,20)12-5-6-14-13(8-12)15(18-9-17-14)21-11-4-2-3-10(16)7-11/h2-9H,1H3. The van der Waals surface area contributed by atoms with Crippen molar-refractivity contribution in [3.05, 3.63) is 54.6 Å². The van der Waals surface area contributed by atoms with Crippen LogP contribution >= 0.6 is 0 Å². The number of halogens is 1. The number of benzene rings is 2. The van der Waals surface area contributed by atoms with Crippen LogP contribution in [0, 0.1) is 5.82 Å². The number of hydrogen-bond acceptors (Lipinski definition) is 5. The molecule has 22 heavy (non-hydrogen) atoms. The molecule has 0 radical (unpaired) electrons. The molecule has 3 aromatic rings. The second-order valence-electron chi connectivity index (χ2n) is 4.69. The fourth-order valence-electron chi connectivity index (χ4n) is 1.97. The van der Waals surface area contributed by atoms with Gasteiger partial charge in [0.25, 0.3) is 0 Å². The maximum Gasteiger partial charge on any atom is 0.230 e. The Hall–Kier alpha value is -2.54. The fourth-order valence-corrected chi connectivity index (χ4v) is 2.61. The highest BCUT2D eigenvalue weighted by Crippen LogP contribution is 2.28. The van der Waals surface area contributed by atoms with Gasteiger partial charge in [0.1, 0.15) is 17.9 Å². The van der Waals surface area contributed by atoms with Crippen LogP contribution in [0.2, 0.25) is 0 Å². The molecule has 0 atom stereocenters. The minimum atomic E-state index is -3.36. The number of aromatic nitrogens is 2. The lowest BCUT2D eigenvalue weighted by Gasteiger charge is -2.08. The summed E-state index contributed by atoms with van der Waals surface area (Å²) in [6, 6.07) is 10.1. The summed E-state index contributed by atoms with van der Waals surface area (Å²) < 4.78 is 42.1. The summed E-state index contributed by atoms with van der Waals surface area (Å²) in [5.41, 5.74) is 0.536. The summed E-state index contributed by atoms with van der Waals surface area (Å²) >= 11 is 0. The van der Waals surface area contributed by atoms with Gasteiger partial charge in [-0.15, -0.1) is 0 Å². The zero-order chi connectivity index (χ0) is 15.7. The Bertz CT molecular complexity index is 958. The van der Waals surface area contributed by atoms with Gasteiger partial charge in [-0.1, -0.05) is 6.07 Å². The molecule has 0 amide bonds. The summed E-state index contributed by atoms with van der Waals surface area (Å²) in [6.45, 7) is 0. The maximum absolute atomic E-state index is 13.2. The van der Waals surface area contributed by atoms with Crippen molar-refractivity contribution in [2.45, 2.75) is 4.90 Å². The molecule has 0 N–H and O–H groups in total. The van der Waals surface area contributed by atoms with Crippen molar-refractivity contribution >= 4 is 20.7 Å². The highest BCUT2D eigenvalue weighted by atomic mass is 32.2. The lowest BCUT2D eigenvalue weighted by molar-refractivity contribution is 0.463. The van der Waals surface area contributed by atoms with E-state index in [1.807, 2.05) is 0 Å². The monoisotopic (exact) mass is 318 g/mol. The summed E-state index contributed by atoms with van der Waals surface area (Å²) in [5.74, 6) is -0.00135. The Morgan fingerprint density at radius 3 is 2.64 bits per heavy atom. The van der Waals surface area contributed by atoms with Crippen LogP contribution in [0.15, 0.2) is 53.7 Å². The molecule has 0 aliphatic rings. The molecule has 112 valence electrons. The molecule has 1 heterocycles. The van der Waals surface area contributed by atoms with Crippen molar-refractivity contribution in [3.63, 3.8) is 0 Å². The van der Waals surface area contributed by atoms with E-state index in [4.69, 9.17) is 4.74 Å². The molecule has 0 aliphatic heterocycles. The predicted octanol–water partition coefficient (Wildman–Crippen LogP) is 2.96. The van der Waals surface area contributed by atoms with Crippen molar-refractivity contribution in [3.8, 4) is 11.6 Å². The Kier molecular flexibility index (Phi) is 3.50. The topological polar surface area (TPSA) is 69.2 Å². The largest absolute Gasteiger partial charge is 0.438 e. The third-order valence-electron chi connectivity index (χ3n) is 3.01. The molecular weight excluding hydrogens is 307 g/mol. The molecule has 0 aliphatic carbocycles. The van der Waals surface area contributed by atoms with Crippen LogP contribution in [0.4, 0.5) is 4.39 Å². The highest BCUT2D eigenvalue weighted by molar-refractivity contribution is 7.90. The van der Waals surface area contributed by atoms with Crippen molar-refractivity contribution in [1.29, 1.82) is 0 Å². The molecule has 0 spiro atoms. The van der Waals surface area contributed by atoms with E-state index in [9.17, 15) is 12.8 Å². The first-order valence-corrected chi connectivity index (χ1v) is 8.21. The van der Waals surface area contributed by atoms with Crippen molar-refractivity contribution in [2.75, 3.05) is 6.26 Å². The molecule has 5 nitrogen and oxygen atoms in total. The van der Waals surface area contributed by atoms with Crippen LogP contribution in [-0.2, 0) is 9.84 Å². The Labute approximate surface area is 126 Å². The zero-order valence-electron chi connectivity index (χ0n) is 11.5. The van der Waals surface area contributed by atoms with E-state index >= 15 is 0 Å². The fraction of sp³-hybridized carbons (Fsp3) is 0.0667. The van der Waals surface area contributed by atoms with Crippen LogP contribution in [0.1, 0.15) is 0 Å². The van der Waals surface area contributed by atoms with Crippen LogP contribution < -0.4 is 4.74 Å². The molecule has 3 rings (SSSR count). The maximum atomic E-state index is 13.2. The quantitative estimate of drug-likeness (QED) is 0.742. The van der Waals surface area contributed by atoms with Gasteiger partial charge in [0.2, 0.25) is 5.88 Å². The Balaban J connectivity index is 2.13. The van der Waals surface area contributed by atoms with E-state index in [0.717, 1.165) is 6.26 Å². The van der Waals surface area contributed by atoms with E-state index in [-0.39, 0.29) is 16.5 Å². The lowest BCUT2D eigenvalue weighted by atomic mass is 10.2. The van der Waals surface area contributed by atoms with Crippen molar-refractivity contribution in [2.24, 2.45) is 0 Å². The molecule has 2 aromatic carbocycles. The first kappa shape index (κ1) is 14.4. The normalized spacial score (nSPS) is 11.5. The van der Waals surface area contributed by atoms with E-state index in [1.54, 1.807) is 12.1 Å². The third-order valence-corrected chi connectivity index (χ3v) is 4.12. The van der Waals surface area contributed by atoms with E-state index in [0.29, 0.717) is 10.9 Å². The van der Waals surface area contributed by atoms with Gasteiger partial charge in [0.15, 0.2) is 9.84 Å². The number of sulfone groups is 1. The van der Waals surface area contributed by atoms with E-state index in [2.05, 4.69) is 9.97 Å². The molecular formula is C15H11FN2O3S. The van der Waals surface area contributed by atoms with Crippen molar-refractivity contribution < 1.29 is 17.5 Å². The number of ether oxygens (including phenoxy) is 1. The second kappa shape index (κ2) is 5.34. The zero-order valence-corrected chi connectivity index (χ0v) is 12.3.